The Morgan fingerprint density at radius 2 is 2.22 bits per heavy atom. The Hall–Kier alpha value is -1.10. The van der Waals surface area contributed by atoms with E-state index in [1.807, 2.05) is 6.92 Å². The summed E-state index contributed by atoms with van der Waals surface area (Å²) in [6, 6.07) is -0.319. The van der Waals surface area contributed by atoms with Gasteiger partial charge in [0, 0.05) is 13.2 Å². The first-order valence-corrected chi connectivity index (χ1v) is 6.90. The van der Waals surface area contributed by atoms with Crippen LogP contribution in [0.3, 0.4) is 0 Å². The molecule has 0 saturated carbocycles. The Balaban J connectivity index is 1.85. The van der Waals surface area contributed by atoms with E-state index in [0.29, 0.717) is 6.54 Å². The van der Waals surface area contributed by atoms with Gasteiger partial charge in [0.1, 0.15) is 6.04 Å². The van der Waals surface area contributed by atoms with Crippen LogP contribution in [0.15, 0.2) is 0 Å². The number of rotatable bonds is 5. The van der Waals surface area contributed by atoms with E-state index in [-0.39, 0.29) is 30.5 Å². The van der Waals surface area contributed by atoms with Gasteiger partial charge in [0.15, 0.2) is 0 Å². The summed E-state index contributed by atoms with van der Waals surface area (Å²) in [4.78, 5) is 25.4. The molecule has 2 saturated heterocycles. The third-order valence-corrected chi connectivity index (χ3v) is 3.60. The molecular weight excluding hydrogens is 232 g/mol. The van der Waals surface area contributed by atoms with E-state index < -0.39 is 0 Å². The highest BCUT2D eigenvalue weighted by Crippen LogP contribution is 2.17. The molecule has 2 aliphatic heterocycles. The van der Waals surface area contributed by atoms with Gasteiger partial charge in [0.25, 0.3) is 0 Å². The zero-order valence-corrected chi connectivity index (χ0v) is 11.0. The third-order valence-electron chi connectivity index (χ3n) is 3.60. The summed E-state index contributed by atoms with van der Waals surface area (Å²) < 4.78 is 5.54. The third kappa shape index (κ3) is 3.22. The van der Waals surface area contributed by atoms with Gasteiger partial charge in [-0.2, -0.15) is 0 Å². The lowest BCUT2D eigenvalue weighted by atomic mass is 10.1. The molecule has 0 aromatic heterocycles. The lowest BCUT2D eigenvalue weighted by Gasteiger charge is -2.33. The first-order chi connectivity index (χ1) is 8.70. The van der Waals surface area contributed by atoms with Crippen molar-refractivity contribution in [1.82, 2.24) is 10.2 Å². The summed E-state index contributed by atoms with van der Waals surface area (Å²) in [6.45, 7) is 3.69. The van der Waals surface area contributed by atoms with Gasteiger partial charge in [-0.3, -0.25) is 9.59 Å². The van der Waals surface area contributed by atoms with Crippen molar-refractivity contribution in [1.29, 1.82) is 0 Å². The Kier molecular flexibility index (Phi) is 4.58. The molecule has 18 heavy (non-hydrogen) atoms. The van der Waals surface area contributed by atoms with Crippen LogP contribution < -0.4 is 5.32 Å². The molecule has 2 fully saturated rings. The van der Waals surface area contributed by atoms with Crippen molar-refractivity contribution >= 4 is 11.8 Å². The molecule has 0 aromatic carbocycles. The molecule has 0 spiro atoms. The number of nitrogens with one attached hydrogen (secondary N) is 1. The van der Waals surface area contributed by atoms with E-state index in [1.165, 1.54) is 0 Å². The number of nitrogens with zero attached hydrogens (tertiary/aromatic N) is 1. The molecule has 2 atom stereocenters. The predicted molar refractivity (Wildman–Crippen MR) is 67.0 cm³/mol. The normalized spacial score (nSPS) is 28.6. The van der Waals surface area contributed by atoms with Crippen molar-refractivity contribution in [3.05, 3.63) is 0 Å². The highest BCUT2D eigenvalue weighted by atomic mass is 16.5. The second-order valence-electron chi connectivity index (χ2n) is 5.09. The molecular formula is C13H22N2O3. The molecule has 0 aliphatic carbocycles. The Bertz CT molecular complexity index is 313. The van der Waals surface area contributed by atoms with Gasteiger partial charge in [-0.1, -0.05) is 13.3 Å². The average Bonchev–Trinajstić information content (AvgIpc) is 2.85. The Morgan fingerprint density at radius 3 is 2.89 bits per heavy atom. The van der Waals surface area contributed by atoms with E-state index in [0.717, 1.165) is 38.7 Å². The van der Waals surface area contributed by atoms with Crippen LogP contribution >= 0.6 is 0 Å². The van der Waals surface area contributed by atoms with Crippen LogP contribution in [-0.2, 0) is 14.3 Å². The topological polar surface area (TPSA) is 58.6 Å². The minimum absolute atomic E-state index is 0.0413. The molecule has 102 valence electrons. The van der Waals surface area contributed by atoms with E-state index in [1.54, 1.807) is 4.90 Å². The van der Waals surface area contributed by atoms with E-state index in [2.05, 4.69) is 5.32 Å². The quantitative estimate of drug-likeness (QED) is 0.785. The molecule has 5 heteroatoms. The fraction of sp³-hybridized carbons (Fsp3) is 0.846. The molecule has 2 amide bonds. The molecule has 0 radical (unpaired) electrons. The van der Waals surface area contributed by atoms with Gasteiger partial charge in [-0.15, -0.1) is 0 Å². The van der Waals surface area contributed by atoms with Gasteiger partial charge in [-0.05, 0) is 25.7 Å². The molecule has 2 aliphatic rings. The Labute approximate surface area is 108 Å². The summed E-state index contributed by atoms with van der Waals surface area (Å²) in [5.41, 5.74) is 0. The summed E-state index contributed by atoms with van der Waals surface area (Å²) in [5.74, 6) is 0.0230. The van der Waals surface area contributed by atoms with Crippen LogP contribution in [0.25, 0.3) is 0 Å². The van der Waals surface area contributed by atoms with Gasteiger partial charge in [0.05, 0.1) is 12.6 Å². The minimum Gasteiger partial charge on any atom is -0.378 e. The molecule has 2 rings (SSSR count). The molecule has 5 nitrogen and oxygen atoms in total. The number of hydrogen-bond donors (Lipinski definition) is 1. The first kappa shape index (κ1) is 13.3. The molecule has 2 unspecified atom stereocenters. The first-order valence-electron chi connectivity index (χ1n) is 6.90. The van der Waals surface area contributed by atoms with Gasteiger partial charge < -0.3 is 15.0 Å². The van der Waals surface area contributed by atoms with Crippen LogP contribution in [0.4, 0.5) is 0 Å². The SMILES string of the molecule is CCCC1NC(=O)CN(CCC2CCCO2)C1=O. The zero-order valence-electron chi connectivity index (χ0n) is 11.0. The van der Waals surface area contributed by atoms with Crippen molar-refractivity contribution in [3.63, 3.8) is 0 Å². The smallest absolute Gasteiger partial charge is 0.245 e. The molecule has 0 aromatic rings. The maximum Gasteiger partial charge on any atom is 0.245 e. The van der Waals surface area contributed by atoms with Crippen molar-refractivity contribution < 1.29 is 14.3 Å². The number of amides is 2. The summed E-state index contributed by atoms with van der Waals surface area (Å²) in [5, 5.41) is 2.76. The monoisotopic (exact) mass is 254 g/mol. The minimum atomic E-state index is -0.319. The predicted octanol–water partition coefficient (Wildman–Crippen LogP) is 0.683. The maximum atomic E-state index is 12.1. The molecule has 1 N–H and O–H groups in total. The van der Waals surface area contributed by atoms with Crippen molar-refractivity contribution in [3.8, 4) is 0 Å². The number of ether oxygens (including phenoxy) is 1. The summed E-state index contributed by atoms with van der Waals surface area (Å²) in [6.07, 6.45) is 4.92. The number of carbonyl (C=O) groups excluding carboxylic acids is 2. The average molecular weight is 254 g/mol. The number of hydrogen-bond acceptors (Lipinski definition) is 3. The fourth-order valence-corrected chi connectivity index (χ4v) is 2.62. The van der Waals surface area contributed by atoms with Gasteiger partial charge in [0.2, 0.25) is 11.8 Å². The van der Waals surface area contributed by atoms with Crippen LogP contribution in [0.5, 0.6) is 0 Å². The number of piperazine rings is 1. The second kappa shape index (κ2) is 6.18. The van der Waals surface area contributed by atoms with E-state index in [4.69, 9.17) is 4.74 Å². The highest BCUT2D eigenvalue weighted by molar-refractivity contribution is 5.94. The lowest BCUT2D eigenvalue weighted by molar-refractivity contribution is -0.144. The zero-order chi connectivity index (χ0) is 13.0. The van der Waals surface area contributed by atoms with Gasteiger partial charge >= 0.3 is 0 Å². The number of carbonyl (C=O) groups is 2. The summed E-state index contributed by atoms with van der Waals surface area (Å²) in [7, 11) is 0. The maximum absolute atomic E-state index is 12.1. The van der Waals surface area contributed by atoms with Crippen LogP contribution in [0, 0.1) is 0 Å². The van der Waals surface area contributed by atoms with Crippen molar-refractivity contribution in [2.45, 2.75) is 51.2 Å². The van der Waals surface area contributed by atoms with Gasteiger partial charge in [-0.25, -0.2) is 0 Å². The summed E-state index contributed by atoms with van der Waals surface area (Å²) >= 11 is 0. The lowest BCUT2D eigenvalue weighted by Crippen LogP contribution is -2.58. The van der Waals surface area contributed by atoms with E-state index in [9.17, 15) is 9.59 Å². The van der Waals surface area contributed by atoms with Crippen LogP contribution in [-0.4, -0.2) is 48.6 Å². The van der Waals surface area contributed by atoms with E-state index >= 15 is 0 Å². The van der Waals surface area contributed by atoms with Crippen molar-refractivity contribution in [2.24, 2.45) is 0 Å². The van der Waals surface area contributed by atoms with Crippen LogP contribution in [0.2, 0.25) is 0 Å². The largest absolute Gasteiger partial charge is 0.378 e. The Morgan fingerprint density at radius 1 is 1.39 bits per heavy atom. The molecule has 2 heterocycles. The van der Waals surface area contributed by atoms with Crippen molar-refractivity contribution in [2.75, 3.05) is 19.7 Å². The highest BCUT2D eigenvalue weighted by Gasteiger charge is 2.32. The second-order valence-corrected chi connectivity index (χ2v) is 5.09. The fourth-order valence-electron chi connectivity index (χ4n) is 2.62. The molecule has 0 bridgehead atoms. The van der Waals surface area contributed by atoms with Crippen LogP contribution in [0.1, 0.15) is 39.0 Å². The standard InChI is InChI=1S/C13H22N2O3/c1-2-4-11-13(17)15(9-12(16)14-11)7-6-10-5-3-8-18-10/h10-11H,2-9H2,1H3,(H,14,16).